The van der Waals surface area contributed by atoms with Gasteiger partial charge >= 0.3 is 0 Å². The Kier molecular flexibility index (Phi) is 34.8. The van der Waals surface area contributed by atoms with Gasteiger partial charge in [0.15, 0.2) is 0 Å². The monoisotopic (exact) mass is 579 g/mol. The first-order valence-corrected chi connectivity index (χ1v) is 19.1. The minimum Gasteiger partial charge on any atom is -0.123 e. The molecule has 238 valence electrons. The molecule has 0 bridgehead atoms. The van der Waals surface area contributed by atoms with Crippen molar-refractivity contribution < 1.29 is 0 Å². The second-order valence-electron chi connectivity index (χ2n) is 12.9. The molecule has 0 aromatic heterocycles. The zero-order chi connectivity index (χ0) is 29.2. The zero-order valence-corrected chi connectivity index (χ0v) is 28.8. The summed E-state index contributed by atoms with van der Waals surface area (Å²) >= 11 is 6.75. The number of alkyl halides is 1. The van der Waals surface area contributed by atoms with Crippen molar-refractivity contribution in [2.45, 2.75) is 219 Å². The standard InChI is InChI=1S/C39H75Cl/c1-4-6-8-10-12-14-16-18-20-22-24-26-28-30-32-34-36-38(3)39(40)37-35-33-31-29-27-25-23-21-19-17-15-13-11-9-7-5-2/h18-21,38-39H,4-17,22-37H2,1-3H3/b20-18-,21-19-. The molecule has 0 aliphatic rings. The third-order valence-electron chi connectivity index (χ3n) is 8.78. The number of unbranched alkanes of at least 4 members (excludes halogenated alkanes) is 24. The summed E-state index contributed by atoms with van der Waals surface area (Å²) in [6.45, 7) is 6.97. The second-order valence-corrected chi connectivity index (χ2v) is 13.5. The maximum absolute atomic E-state index is 6.75. The van der Waals surface area contributed by atoms with Gasteiger partial charge in [-0.25, -0.2) is 0 Å². The molecule has 0 spiro atoms. The zero-order valence-electron chi connectivity index (χ0n) is 28.1. The van der Waals surface area contributed by atoms with Gasteiger partial charge in [-0.1, -0.05) is 173 Å². The molecule has 2 unspecified atom stereocenters. The SMILES string of the molecule is CCCCCCCC/C=C\CCCCCCCCC(C)C(Cl)CCCCCCCC/C=C\CCCCCCCC. The molecule has 1 heteroatoms. The van der Waals surface area contributed by atoms with Crippen molar-refractivity contribution in [3.63, 3.8) is 0 Å². The second kappa shape index (κ2) is 35.0. The van der Waals surface area contributed by atoms with E-state index >= 15 is 0 Å². The Morgan fingerprint density at radius 1 is 0.375 bits per heavy atom. The van der Waals surface area contributed by atoms with Crippen LogP contribution in [0.15, 0.2) is 24.3 Å². The fourth-order valence-electron chi connectivity index (χ4n) is 5.77. The smallest absolute Gasteiger partial charge is 0.0361 e. The summed E-state index contributed by atoms with van der Waals surface area (Å²) in [6.07, 6.45) is 51.0. The van der Waals surface area contributed by atoms with Crippen LogP contribution in [0.5, 0.6) is 0 Å². The molecule has 0 aromatic carbocycles. The topological polar surface area (TPSA) is 0 Å². The Balaban J connectivity index is 3.35. The van der Waals surface area contributed by atoms with Crippen LogP contribution in [-0.4, -0.2) is 5.38 Å². The number of rotatable bonds is 33. The lowest BCUT2D eigenvalue weighted by Crippen LogP contribution is -2.11. The van der Waals surface area contributed by atoms with Gasteiger partial charge in [0.2, 0.25) is 0 Å². The summed E-state index contributed by atoms with van der Waals surface area (Å²) in [5.74, 6) is 0.682. The van der Waals surface area contributed by atoms with E-state index < -0.39 is 0 Å². The fourth-order valence-corrected chi connectivity index (χ4v) is 6.05. The molecule has 0 N–H and O–H groups in total. The molecule has 0 aliphatic carbocycles. The van der Waals surface area contributed by atoms with Crippen LogP contribution >= 0.6 is 11.6 Å². The molecule has 0 aromatic rings. The molecule has 0 saturated heterocycles. The van der Waals surface area contributed by atoms with Crippen LogP contribution in [0.2, 0.25) is 0 Å². The van der Waals surface area contributed by atoms with Gasteiger partial charge < -0.3 is 0 Å². The fraction of sp³-hybridized carbons (Fsp3) is 0.897. The third-order valence-corrected chi connectivity index (χ3v) is 9.43. The van der Waals surface area contributed by atoms with Crippen molar-refractivity contribution in [2.75, 3.05) is 0 Å². The molecular weight excluding hydrogens is 504 g/mol. The highest BCUT2D eigenvalue weighted by atomic mass is 35.5. The average Bonchev–Trinajstić information content (AvgIpc) is 2.96. The van der Waals surface area contributed by atoms with Gasteiger partial charge in [0, 0.05) is 5.38 Å². The van der Waals surface area contributed by atoms with E-state index in [2.05, 4.69) is 45.1 Å². The van der Waals surface area contributed by atoms with Crippen molar-refractivity contribution in [3.8, 4) is 0 Å². The number of halogens is 1. The molecule has 0 fully saturated rings. The molecule has 2 atom stereocenters. The van der Waals surface area contributed by atoms with Crippen LogP contribution in [0.1, 0.15) is 213 Å². The van der Waals surface area contributed by atoms with Crippen molar-refractivity contribution in [1.82, 2.24) is 0 Å². The summed E-state index contributed by atoms with van der Waals surface area (Å²) in [5.41, 5.74) is 0. The van der Waals surface area contributed by atoms with Crippen LogP contribution in [0.4, 0.5) is 0 Å². The molecule has 0 saturated carbocycles. The minimum atomic E-state index is 0.389. The van der Waals surface area contributed by atoms with E-state index in [0.29, 0.717) is 11.3 Å². The number of hydrogen-bond acceptors (Lipinski definition) is 0. The summed E-state index contributed by atoms with van der Waals surface area (Å²) < 4.78 is 0. The molecule has 0 aliphatic heterocycles. The van der Waals surface area contributed by atoms with E-state index in [1.54, 1.807) is 0 Å². The van der Waals surface area contributed by atoms with Crippen LogP contribution in [-0.2, 0) is 0 Å². The summed E-state index contributed by atoms with van der Waals surface area (Å²) in [5, 5.41) is 0.389. The first-order valence-electron chi connectivity index (χ1n) is 18.7. The molecular formula is C39H75Cl. The average molecular weight is 579 g/mol. The van der Waals surface area contributed by atoms with E-state index in [-0.39, 0.29) is 0 Å². The van der Waals surface area contributed by atoms with Crippen molar-refractivity contribution in [2.24, 2.45) is 5.92 Å². The van der Waals surface area contributed by atoms with Gasteiger partial charge in [0.25, 0.3) is 0 Å². The van der Waals surface area contributed by atoms with Gasteiger partial charge in [-0.15, -0.1) is 11.6 Å². The lowest BCUT2D eigenvalue weighted by atomic mass is 9.95. The molecule has 0 nitrogen and oxygen atoms in total. The van der Waals surface area contributed by atoms with E-state index in [9.17, 15) is 0 Å². The van der Waals surface area contributed by atoms with Crippen molar-refractivity contribution >= 4 is 11.6 Å². The Bertz CT molecular complexity index is 461. The Hall–Kier alpha value is -0.230. The summed E-state index contributed by atoms with van der Waals surface area (Å²) in [7, 11) is 0. The summed E-state index contributed by atoms with van der Waals surface area (Å²) in [6, 6.07) is 0. The summed E-state index contributed by atoms with van der Waals surface area (Å²) in [4.78, 5) is 0. The lowest BCUT2D eigenvalue weighted by molar-refractivity contribution is 0.437. The van der Waals surface area contributed by atoms with Crippen LogP contribution in [0.3, 0.4) is 0 Å². The predicted molar refractivity (Wildman–Crippen MR) is 187 cm³/mol. The molecule has 0 radical (unpaired) electrons. The Morgan fingerprint density at radius 3 is 1.00 bits per heavy atom. The maximum atomic E-state index is 6.75. The third kappa shape index (κ3) is 32.3. The highest BCUT2D eigenvalue weighted by Gasteiger charge is 2.13. The normalized spacial score (nSPS) is 13.6. The molecule has 0 amide bonds. The first kappa shape index (κ1) is 39.8. The molecule has 0 heterocycles. The quantitative estimate of drug-likeness (QED) is 0.0412. The largest absolute Gasteiger partial charge is 0.123 e. The number of allylic oxidation sites excluding steroid dienone is 4. The predicted octanol–water partition coefficient (Wildman–Crippen LogP) is 15.1. The number of hydrogen-bond donors (Lipinski definition) is 0. The van der Waals surface area contributed by atoms with Crippen molar-refractivity contribution in [1.29, 1.82) is 0 Å². The van der Waals surface area contributed by atoms with E-state index in [0.717, 1.165) is 0 Å². The first-order chi connectivity index (χ1) is 19.7. The lowest BCUT2D eigenvalue weighted by Gasteiger charge is -2.17. The minimum absolute atomic E-state index is 0.389. The maximum Gasteiger partial charge on any atom is 0.0361 e. The highest BCUT2D eigenvalue weighted by Crippen LogP contribution is 2.24. The van der Waals surface area contributed by atoms with Gasteiger partial charge in [-0.05, 0) is 70.1 Å². The van der Waals surface area contributed by atoms with Gasteiger partial charge in [0.1, 0.15) is 0 Å². The van der Waals surface area contributed by atoms with E-state index in [1.807, 2.05) is 0 Å². The van der Waals surface area contributed by atoms with Gasteiger partial charge in [-0.2, -0.15) is 0 Å². The Labute approximate surface area is 260 Å². The van der Waals surface area contributed by atoms with Crippen molar-refractivity contribution in [3.05, 3.63) is 24.3 Å². The van der Waals surface area contributed by atoms with E-state index in [1.165, 1.54) is 193 Å². The van der Waals surface area contributed by atoms with E-state index in [4.69, 9.17) is 11.6 Å². The molecule has 0 rings (SSSR count). The van der Waals surface area contributed by atoms with Crippen LogP contribution in [0.25, 0.3) is 0 Å². The molecule has 40 heavy (non-hydrogen) atoms. The Morgan fingerprint density at radius 2 is 0.650 bits per heavy atom. The van der Waals surface area contributed by atoms with Crippen LogP contribution in [0, 0.1) is 5.92 Å². The van der Waals surface area contributed by atoms with Gasteiger partial charge in [0.05, 0.1) is 0 Å². The van der Waals surface area contributed by atoms with Gasteiger partial charge in [-0.3, -0.25) is 0 Å². The van der Waals surface area contributed by atoms with Crippen LogP contribution < -0.4 is 0 Å². The highest BCUT2D eigenvalue weighted by molar-refractivity contribution is 6.20.